The number of nitrogens with zero attached hydrogens (tertiary/aromatic N) is 1. The predicted molar refractivity (Wildman–Crippen MR) is 53.4 cm³/mol. The van der Waals surface area contributed by atoms with E-state index in [2.05, 4.69) is 15.6 Å². The molecule has 1 amide bonds. The number of pyridine rings is 1. The maximum absolute atomic E-state index is 11.1. The molecule has 0 aromatic carbocycles. The molecule has 6 heteroatoms. The smallest absolute Gasteiger partial charge is 0.322 e. The van der Waals surface area contributed by atoms with Crippen molar-refractivity contribution in [2.45, 2.75) is 0 Å². The lowest BCUT2D eigenvalue weighted by atomic mass is 10.4. The second kappa shape index (κ2) is 5.58. The summed E-state index contributed by atoms with van der Waals surface area (Å²) in [4.78, 5) is 25.0. The zero-order chi connectivity index (χ0) is 11.1. The van der Waals surface area contributed by atoms with Crippen LogP contribution in [-0.2, 0) is 9.59 Å². The number of carboxylic acids is 1. The molecule has 80 valence electrons. The molecule has 0 aliphatic carbocycles. The summed E-state index contributed by atoms with van der Waals surface area (Å²) in [6.07, 6.45) is 3.19. The lowest BCUT2D eigenvalue weighted by molar-refractivity contribution is -0.137. The van der Waals surface area contributed by atoms with Crippen molar-refractivity contribution in [3.05, 3.63) is 24.5 Å². The molecule has 6 nitrogen and oxygen atoms in total. The van der Waals surface area contributed by atoms with Crippen molar-refractivity contribution in [2.24, 2.45) is 0 Å². The van der Waals surface area contributed by atoms with Crippen molar-refractivity contribution in [2.75, 3.05) is 18.4 Å². The number of rotatable bonds is 5. The van der Waals surface area contributed by atoms with Gasteiger partial charge in [-0.15, -0.1) is 0 Å². The Hall–Kier alpha value is -2.11. The minimum Gasteiger partial charge on any atom is -0.480 e. The molecule has 0 saturated carbocycles. The topological polar surface area (TPSA) is 91.3 Å². The van der Waals surface area contributed by atoms with Crippen LogP contribution in [0.1, 0.15) is 0 Å². The molecular weight excluding hydrogens is 198 g/mol. The maximum atomic E-state index is 11.1. The molecule has 1 aromatic heterocycles. The highest BCUT2D eigenvalue weighted by molar-refractivity contribution is 5.84. The van der Waals surface area contributed by atoms with Gasteiger partial charge in [-0.3, -0.25) is 14.6 Å². The van der Waals surface area contributed by atoms with Gasteiger partial charge in [-0.2, -0.15) is 0 Å². The van der Waals surface area contributed by atoms with Gasteiger partial charge in [-0.05, 0) is 12.1 Å². The average Bonchev–Trinajstić information content (AvgIpc) is 2.25. The number of aromatic nitrogens is 1. The van der Waals surface area contributed by atoms with Gasteiger partial charge in [0.25, 0.3) is 0 Å². The number of hydrogen-bond donors (Lipinski definition) is 3. The Bertz CT molecular complexity index is 340. The fourth-order valence-electron chi connectivity index (χ4n) is 0.889. The molecule has 1 heterocycles. The van der Waals surface area contributed by atoms with Crippen LogP contribution in [0, 0.1) is 0 Å². The zero-order valence-corrected chi connectivity index (χ0v) is 7.93. The van der Waals surface area contributed by atoms with Gasteiger partial charge in [0, 0.05) is 18.1 Å². The molecule has 0 atom stereocenters. The summed E-state index contributed by atoms with van der Waals surface area (Å²) in [5.41, 5.74) is 0.760. The van der Waals surface area contributed by atoms with E-state index in [4.69, 9.17) is 5.11 Å². The molecule has 0 unspecified atom stereocenters. The lowest BCUT2D eigenvalue weighted by Crippen LogP contribution is -2.33. The fourth-order valence-corrected chi connectivity index (χ4v) is 0.889. The first-order chi connectivity index (χ1) is 7.18. The van der Waals surface area contributed by atoms with Crippen LogP contribution in [0.5, 0.6) is 0 Å². The highest BCUT2D eigenvalue weighted by Gasteiger charge is 2.02. The standard InChI is InChI=1S/C9H11N3O3/c13-8(12-6-9(14)15)5-11-7-1-3-10-4-2-7/h1-4H,5-6H2,(H,10,11)(H,12,13)(H,14,15). The van der Waals surface area contributed by atoms with Crippen LogP contribution >= 0.6 is 0 Å². The van der Waals surface area contributed by atoms with Crippen LogP contribution in [0.2, 0.25) is 0 Å². The van der Waals surface area contributed by atoms with E-state index in [1.54, 1.807) is 24.5 Å². The molecule has 15 heavy (non-hydrogen) atoms. The normalized spacial score (nSPS) is 9.33. The SMILES string of the molecule is O=C(O)CNC(=O)CNc1ccncc1. The largest absolute Gasteiger partial charge is 0.480 e. The van der Waals surface area contributed by atoms with Gasteiger partial charge in [0.1, 0.15) is 6.54 Å². The Morgan fingerprint density at radius 2 is 1.93 bits per heavy atom. The van der Waals surface area contributed by atoms with Crippen molar-refractivity contribution in [1.29, 1.82) is 0 Å². The second-order valence-corrected chi connectivity index (χ2v) is 2.76. The van der Waals surface area contributed by atoms with Crippen molar-refractivity contribution in [1.82, 2.24) is 10.3 Å². The first kappa shape index (κ1) is 11.0. The third kappa shape index (κ3) is 4.61. The summed E-state index contributed by atoms with van der Waals surface area (Å²) in [6, 6.07) is 3.43. The van der Waals surface area contributed by atoms with E-state index >= 15 is 0 Å². The van der Waals surface area contributed by atoms with E-state index in [0.29, 0.717) is 0 Å². The molecular formula is C9H11N3O3. The summed E-state index contributed by atoms with van der Waals surface area (Å²) in [7, 11) is 0. The van der Waals surface area contributed by atoms with Gasteiger partial charge in [0.15, 0.2) is 0 Å². The van der Waals surface area contributed by atoms with Crippen molar-refractivity contribution < 1.29 is 14.7 Å². The highest BCUT2D eigenvalue weighted by Crippen LogP contribution is 2.01. The lowest BCUT2D eigenvalue weighted by Gasteiger charge is -2.05. The van der Waals surface area contributed by atoms with Gasteiger partial charge in [-0.1, -0.05) is 0 Å². The molecule has 1 rings (SSSR count). The van der Waals surface area contributed by atoms with Crippen LogP contribution in [0.3, 0.4) is 0 Å². The molecule has 1 aromatic rings. The number of nitrogens with one attached hydrogen (secondary N) is 2. The average molecular weight is 209 g/mol. The van der Waals surface area contributed by atoms with Crippen LogP contribution < -0.4 is 10.6 Å². The monoisotopic (exact) mass is 209 g/mol. The number of anilines is 1. The van der Waals surface area contributed by atoms with Crippen molar-refractivity contribution >= 4 is 17.6 Å². The van der Waals surface area contributed by atoms with Crippen LogP contribution in [0.25, 0.3) is 0 Å². The Kier molecular flexibility index (Phi) is 4.08. The minimum atomic E-state index is -1.06. The van der Waals surface area contributed by atoms with E-state index in [1.165, 1.54) is 0 Å². The van der Waals surface area contributed by atoms with Crippen molar-refractivity contribution in [3.63, 3.8) is 0 Å². The first-order valence-electron chi connectivity index (χ1n) is 4.31. The second-order valence-electron chi connectivity index (χ2n) is 2.76. The van der Waals surface area contributed by atoms with E-state index in [-0.39, 0.29) is 19.0 Å². The molecule has 0 fully saturated rings. The van der Waals surface area contributed by atoms with Crippen molar-refractivity contribution in [3.8, 4) is 0 Å². The van der Waals surface area contributed by atoms with E-state index in [9.17, 15) is 9.59 Å². The zero-order valence-electron chi connectivity index (χ0n) is 7.93. The molecule has 0 bridgehead atoms. The number of carbonyl (C=O) groups excluding carboxylic acids is 1. The summed E-state index contributed by atoms with van der Waals surface area (Å²) >= 11 is 0. The Balaban J connectivity index is 2.26. The molecule has 3 N–H and O–H groups in total. The highest BCUT2D eigenvalue weighted by atomic mass is 16.4. The van der Waals surface area contributed by atoms with Crippen LogP contribution in [-0.4, -0.2) is 35.1 Å². The predicted octanol–water partition coefficient (Wildman–Crippen LogP) is -0.306. The summed E-state index contributed by atoms with van der Waals surface area (Å²) < 4.78 is 0. The molecule has 0 radical (unpaired) electrons. The summed E-state index contributed by atoms with van der Waals surface area (Å²) in [5, 5.41) is 13.4. The fraction of sp³-hybridized carbons (Fsp3) is 0.222. The van der Waals surface area contributed by atoms with Crippen LogP contribution in [0.15, 0.2) is 24.5 Å². The number of carboxylic acid groups (broad SMARTS) is 1. The molecule has 0 spiro atoms. The molecule has 0 aliphatic heterocycles. The van der Waals surface area contributed by atoms with E-state index in [0.717, 1.165) is 5.69 Å². The Morgan fingerprint density at radius 3 is 2.53 bits per heavy atom. The number of aliphatic carboxylic acids is 1. The van der Waals surface area contributed by atoms with E-state index in [1.807, 2.05) is 0 Å². The van der Waals surface area contributed by atoms with Gasteiger partial charge in [0.05, 0.1) is 6.54 Å². The molecule has 0 aliphatic rings. The van der Waals surface area contributed by atoms with Gasteiger partial charge in [-0.25, -0.2) is 0 Å². The first-order valence-corrected chi connectivity index (χ1v) is 4.31. The third-order valence-corrected chi connectivity index (χ3v) is 1.57. The van der Waals surface area contributed by atoms with Gasteiger partial charge < -0.3 is 15.7 Å². The Morgan fingerprint density at radius 1 is 1.27 bits per heavy atom. The quantitative estimate of drug-likeness (QED) is 0.619. The van der Waals surface area contributed by atoms with Crippen LogP contribution in [0.4, 0.5) is 5.69 Å². The van der Waals surface area contributed by atoms with Gasteiger partial charge >= 0.3 is 5.97 Å². The number of amides is 1. The number of carbonyl (C=O) groups is 2. The van der Waals surface area contributed by atoms with Gasteiger partial charge in [0.2, 0.25) is 5.91 Å². The number of hydrogen-bond acceptors (Lipinski definition) is 4. The molecule has 0 saturated heterocycles. The minimum absolute atomic E-state index is 0.0390. The van der Waals surface area contributed by atoms with E-state index < -0.39 is 5.97 Å². The summed E-state index contributed by atoms with van der Waals surface area (Å²) in [6.45, 7) is -0.325. The Labute approximate surface area is 86.3 Å². The summed E-state index contributed by atoms with van der Waals surface area (Å²) in [5.74, 6) is -1.43. The third-order valence-electron chi connectivity index (χ3n) is 1.57. The maximum Gasteiger partial charge on any atom is 0.322 e.